The van der Waals surface area contributed by atoms with Crippen LogP contribution in [0.15, 0.2) is 120 Å². The standard InChI is InChI=1S/C37H34N2O4/c1-2-41-36(40)14-9-21-42-33-19-17-29-22-31(16-15-30(29)23-33)37-38-34-20-18-32(24-35(34)43-37)39(25-27-10-5-3-6-11-27)26-28-12-7-4-8-13-28/h3-8,10-13,15-20,22-24H,2,9,14,21,25-26H2,1H3. The van der Waals surface area contributed by atoms with E-state index in [0.717, 1.165) is 52.0 Å². The van der Waals surface area contributed by atoms with Gasteiger partial charge >= 0.3 is 5.97 Å². The maximum Gasteiger partial charge on any atom is 0.305 e. The number of rotatable bonds is 12. The van der Waals surface area contributed by atoms with Crippen LogP contribution in [0.3, 0.4) is 0 Å². The highest BCUT2D eigenvalue weighted by Gasteiger charge is 2.14. The van der Waals surface area contributed by atoms with E-state index in [9.17, 15) is 4.79 Å². The van der Waals surface area contributed by atoms with Gasteiger partial charge in [-0.3, -0.25) is 4.79 Å². The predicted molar refractivity (Wildman–Crippen MR) is 171 cm³/mol. The monoisotopic (exact) mass is 570 g/mol. The Morgan fingerprint density at radius 1 is 0.791 bits per heavy atom. The van der Waals surface area contributed by atoms with Crippen LogP contribution in [-0.2, 0) is 22.6 Å². The van der Waals surface area contributed by atoms with Crippen molar-refractivity contribution in [3.63, 3.8) is 0 Å². The summed E-state index contributed by atoms with van der Waals surface area (Å²) < 4.78 is 17.1. The van der Waals surface area contributed by atoms with E-state index in [0.29, 0.717) is 31.9 Å². The molecule has 6 heteroatoms. The number of oxazole rings is 1. The molecule has 0 aliphatic rings. The molecule has 0 spiro atoms. The van der Waals surface area contributed by atoms with Crippen molar-refractivity contribution in [1.82, 2.24) is 4.98 Å². The lowest BCUT2D eigenvalue weighted by Gasteiger charge is -2.25. The predicted octanol–water partition coefficient (Wildman–Crippen LogP) is 8.58. The fraction of sp³-hybridized carbons (Fsp3) is 0.189. The summed E-state index contributed by atoms with van der Waals surface area (Å²) in [7, 11) is 0. The number of esters is 1. The van der Waals surface area contributed by atoms with E-state index in [-0.39, 0.29) is 5.97 Å². The number of carbonyl (C=O) groups is 1. The molecule has 0 bridgehead atoms. The van der Waals surface area contributed by atoms with Crippen LogP contribution in [0.5, 0.6) is 5.75 Å². The van der Waals surface area contributed by atoms with E-state index < -0.39 is 0 Å². The van der Waals surface area contributed by atoms with Gasteiger partial charge in [0.25, 0.3) is 0 Å². The topological polar surface area (TPSA) is 64.8 Å². The molecule has 0 N–H and O–H groups in total. The molecule has 6 rings (SSSR count). The Kier molecular flexibility index (Phi) is 8.64. The molecule has 1 heterocycles. The van der Waals surface area contributed by atoms with E-state index in [4.69, 9.17) is 18.9 Å². The third-order valence-corrected chi connectivity index (χ3v) is 7.33. The Balaban J connectivity index is 1.20. The van der Waals surface area contributed by atoms with Gasteiger partial charge in [0.15, 0.2) is 5.58 Å². The van der Waals surface area contributed by atoms with E-state index in [1.807, 2.05) is 49.4 Å². The molecule has 0 aliphatic heterocycles. The fourth-order valence-electron chi connectivity index (χ4n) is 5.17. The van der Waals surface area contributed by atoms with Crippen molar-refractivity contribution in [3.05, 3.63) is 126 Å². The molecule has 0 amide bonds. The molecule has 0 aliphatic carbocycles. The second-order valence-corrected chi connectivity index (χ2v) is 10.5. The Hall–Kier alpha value is -5.10. The van der Waals surface area contributed by atoms with Gasteiger partial charge in [0.2, 0.25) is 5.89 Å². The zero-order valence-electron chi connectivity index (χ0n) is 24.2. The normalized spacial score (nSPS) is 11.1. The van der Waals surface area contributed by atoms with E-state index in [1.54, 1.807) is 0 Å². The van der Waals surface area contributed by atoms with Crippen molar-refractivity contribution in [2.24, 2.45) is 0 Å². The molecule has 1 aromatic heterocycles. The van der Waals surface area contributed by atoms with Crippen LogP contribution in [0, 0.1) is 0 Å². The molecule has 5 aromatic carbocycles. The molecule has 6 aromatic rings. The van der Waals surface area contributed by atoms with Crippen LogP contribution in [0.1, 0.15) is 30.9 Å². The van der Waals surface area contributed by atoms with Crippen LogP contribution in [-0.4, -0.2) is 24.2 Å². The van der Waals surface area contributed by atoms with Gasteiger partial charge in [-0.05, 0) is 71.6 Å². The molecule has 43 heavy (non-hydrogen) atoms. The first-order valence-corrected chi connectivity index (χ1v) is 14.7. The van der Waals surface area contributed by atoms with Crippen molar-refractivity contribution in [2.75, 3.05) is 18.1 Å². The van der Waals surface area contributed by atoms with Crippen molar-refractivity contribution in [3.8, 4) is 17.2 Å². The average Bonchev–Trinajstić information content (AvgIpc) is 3.47. The van der Waals surface area contributed by atoms with Crippen molar-refractivity contribution < 1.29 is 18.7 Å². The molecular weight excluding hydrogens is 536 g/mol. The smallest absolute Gasteiger partial charge is 0.305 e. The first-order chi connectivity index (χ1) is 21.1. The van der Waals surface area contributed by atoms with E-state index >= 15 is 0 Å². The maximum atomic E-state index is 11.5. The number of carbonyl (C=O) groups excluding carboxylic acids is 1. The minimum Gasteiger partial charge on any atom is -0.494 e. The summed E-state index contributed by atoms with van der Waals surface area (Å²) in [5.74, 6) is 1.17. The first kappa shape index (κ1) is 28.0. The van der Waals surface area contributed by atoms with Gasteiger partial charge in [0, 0.05) is 36.8 Å². The number of hydrogen-bond donors (Lipinski definition) is 0. The number of nitrogens with zero attached hydrogens (tertiary/aromatic N) is 2. The highest BCUT2D eigenvalue weighted by molar-refractivity contribution is 5.88. The molecule has 0 radical (unpaired) electrons. The van der Waals surface area contributed by atoms with Gasteiger partial charge in [-0.15, -0.1) is 0 Å². The zero-order valence-corrected chi connectivity index (χ0v) is 24.2. The zero-order chi connectivity index (χ0) is 29.4. The molecule has 0 atom stereocenters. The van der Waals surface area contributed by atoms with Gasteiger partial charge in [-0.2, -0.15) is 0 Å². The van der Waals surface area contributed by atoms with E-state index in [1.165, 1.54) is 11.1 Å². The number of aromatic nitrogens is 1. The number of fused-ring (bicyclic) bond motifs is 2. The Labute approximate surface area is 251 Å². The quantitative estimate of drug-likeness (QED) is 0.108. The number of hydrogen-bond acceptors (Lipinski definition) is 6. The van der Waals surface area contributed by atoms with Crippen LogP contribution in [0.2, 0.25) is 0 Å². The molecule has 0 fully saturated rings. The SMILES string of the molecule is CCOC(=O)CCCOc1ccc2cc(-c3nc4ccc(N(Cc5ccccc5)Cc5ccccc5)cc4o3)ccc2c1. The second kappa shape index (κ2) is 13.3. The second-order valence-electron chi connectivity index (χ2n) is 10.5. The number of anilines is 1. The molecule has 0 unspecified atom stereocenters. The average molecular weight is 571 g/mol. The minimum absolute atomic E-state index is 0.191. The van der Waals surface area contributed by atoms with Crippen LogP contribution in [0.4, 0.5) is 5.69 Å². The summed E-state index contributed by atoms with van der Waals surface area (Å²) in [4.78, 5) is 18.7. The summed E-state index contributed by atoms with van der Waals surface area (Å²) in [5.41, 5.74) is 6.07. The van der Waals surface area contributed by atoms with Gasteiger partial charge in [0.05, 0.1) is 13.2 Å². The molecular formula is C37H34N2O4. The molecule has 0 saturated heterocycles. The molecule has 216 valence electrons. The fourth-order valence-corrected chi connectivity index (χ4v) is 5.17. The van der Waals surface area contributed by atoms with Gasteiger partial charge in [-0.1, -0.05) is 72.8 Å². The van der Waals surface area contributed by atoms with Gasteiger partial charge in [-0.25, -0.2) is 4.98 Å². The summed E-state index contributed by atoms with van der Waals surface area (Å²) in [6.07, 6.45) is 0.973. The highest BCUT2D eigenvalue weighted by Crippen LogP contribution is 2.31. The van der Waals surface area contributed by atoms with Gasteiger partial charge in [0.1, 0.15) is 11.3 Å². The Morgan fingerprint density at radius 2 is 1.49 bits per heavy atom. The van der Waals surface area contributed by atoms with Crippen molar-refractivity contribution in [1.29, 1.82) is 0 Å². The minimum atomic E-state index is -0.191. The third kappa shape index (κ3) is 7.04. The lowest BCUT2D eigenvalue weighted by atomic mass is 10.1. The number of benzene rings is 5. The summed E-state index contributed by atoms with van der Waals surface area (Å²) in [6.45, 7) is 4.23. The largest absolute Gasteiger partial charge is 0.494 e. The highest BCUT2D eigenvalue weighted by atomic mass is 16.5. The van der Waals surface area contributed by atoms with Crippen LogP contribution >= 0.6 is 0 Å². The van der Waals surface area contributed by atoms with E-state index in [2.05, 4.69) is 77.7 Å². The first-order valence-electron chi connectivity index (χ1n) is 14.7. The molecule has 6 nitrogen and oxygen atoms in total. The maximum absolute atomic E-state index is 11.5. The lowest BCUT2D eigenvalue weighted by Crippen LogP contribution is -2.22. The summed E-state index contributed by atoms with van der Waals surface area (Å²) >= 11 is 0. The van der Waals surface area contributed by atoms with Crippen LogP contribution in [0.25, 0.3) is 33.3 Å². The van der Waals surface area contributed by atoms with Gasteiger partial charge < -0.3 is 18.8 Å². The third-order valence-electron chi connectivity index (χ3n) is 7.33. The Bertz CT molecular complexity index is 1770. The van der Waals surface area contributed by atoms with Crippen molar-refractivity contribution >= 4 is 33.5 Å². The number of ether oxygens (including phenoxy) is 2. The molecule has 0 saturated carbocycles. The summed E-state index contributed by atoms with van der Waals surface area (Å²) in [5, 5.41) is 2.12. The Morgan fingerprint density at radius 3 is 2.21 bits per heavy atom. The van der Waals surface area contributed by atoms with Crippen LogP contribution < -0.4 is 9.64 Å². The van der Waals surface area contributed by atoms with Crippen molar-refractivity contribution in [2.45, 2.75) is 32.9 Å². The summed E-state index contributed by atoms with van der Waals surface area (Å²) in [6, 6.07) is 39.4. The lowest BCUT2D eigenvalue weighted by molar-refractivity contribution is -0.143.